The van der Waals surface area contributed by atoms with Crippen molar-refractivity contribution in [3.8, 4) is 5.75 Å². The second-order valence-electron chi connectivity index (χ2n) is 5.38. The summed E-state index contributed by atoms with van der Waals surface area (Å²) in [5, 5.41) is 10.9. The van der Waals surface area contributed by atoms with Crippen molar-refractivity contribution < 1.29 is 14.4 Å². The van der Waals surface area contributed by atoms with Gasteiger partial charge in [0, 0.05) is 11.8 Å². The van der Waals surface area contributed by atoms with E-state index in [9.17, 15) is 4.79 Å². The van der Waals surface area contributed by atoms with Crippen LogP contribution in [0.1, 0.15) is 27.9 Å². The molecule has 1 aliphatic heterocycles. The molecule has 1 atom stereocenters. The minimum absolute atomic E-state index is 0.0646. The molecule has 6 heteroatoms. The van der Waals surface area contributed by atoms with Gasteiger partial charge < -0.3 is 14.9 Å². The van der Waals surface area contributed by atoms with Crippen LogP contribution in [-0.4, -0.2) is 31.4 Å². The van der Waals surface area contributed by atoms with E-state index in [-0.39, 0.29) is 12.0 Å². The number of ether oxygens (including phenoxy) is 1. The number of rotatable bonds is 5. The van der Waals surface area contributed by atoms with Crippen molar-refractivity contribution in [3.05, 3.63) is 51.7 Å². The summed E-state index contributed by atoms with van der Waals surface area (Å²) >= 11 is 1.53. The van der Waals surface area contributed by atoms with Crippen LogP contribution in [-0.2, 0) is 4.84 Å². The largest absolute Gasteiger partial charge is 0.497 e. The third-order valence-electron chi connectivity index (χ3n) is 3.75. The first-order valence-electron chi connectivity index (χ1n) is 7.35. The summed E-state index contributed by atoms with van der Waals surface area (Å²) in [5.41, 5.74) is 3.62. The Kier molecular flexibility index (Phi) is 4.62. The maximum Gasteiger partial charge on any atom is 0.252 e. The van der Waals surface area contributed by atoms with E-state index in [0.29, 0.717) is 13.0 Å². The lowest BCUT2D eigenvalue weighted by molar-refractivity contribution is 0.0753. The summed E-state index contributed by atoms with van der Waals surface area (Å²) in [4.78, 5) is 17.5. The van der Waals surface area contributed by atoms with Gasteiger partial charge in [0.2, 0.25) is 0 Å². The molecule has 0 fully saturated rings. The molecule has 0 radical (unpaired) electrons. The molecule has 2 heterocycles. The van der Waals surface area contributed by atoms with Crippen LogP contribution < -0.4 is 10.1 Å². The Bertz CT molecular complexity index is 722. The van der Waals surface area contributed by atoms with Crippen LogP contribution in [0.4, 0.5) is 0 Å². The summed E-state index contributed by atoms with van der Waals surface area (Å²) < 4.78 is 5.15. The SMILES string of the molecule is COc1ccc(C2=NO[C@H](CNC(=O)c3cscc3C)C2)cc1. The predicted octanol–water partition coefficient (Wildman–Crippen LogP) is 2.99. The Balaban J connectivity index is 1.53. The van der Waals surface area contributed by atoms with E-state index in [2.05, 4.69) is 10.5 Å². The lowest BCUT2D eigenvalue weighted by Crippen LogP contribution is -2.32. The number of hydrogen-bond donors (Lipinski definition) is 1. The monoisotopic (exact) mass is 330 g/mol. The molecule has 1 amide bonds. The molecule has 1 aliphatic rings. The van der Waals surface area contributed by atoms with Gasteiger partial charge in [0.25, 0.3) is 5.91 Å². The molecular weight excluding hydrogens is 312 g/mol. The van der Waals surface area contributed by atoms with Crippen molar-refractivity contribution in [2.24, 2.45) is 5.16 Å². The number of nitrogens with zero attached hydrogens (tertiary/aromatic N) is 1. The molecular formula is C17H18N2O3S. The van der Waals surface area contributed by atoms with E-state index in [4.69, 9.17) is 9.57 Å². The second kappa shape index (κ2) is 6.83. The van der Waals surface area contributed by atoms with Crippen molar-refractivity contribution in [1.82, 2.24) is 5.32 Å². The first-order valence-corrected chi connectivity index (χ1v) is 8.29. The quantitative estimate of drug-likeness (QED) is 0.917. The molecule has 0 saturated carbocycles. The van der Waals surface area contributed by atoms with Crippen LogP contribution in [0.2, 0.25) is 0 Å². The Labute approximate surface area is 138 Å². The van der Waals surface area contributed by atoms with Gasteiger partial charge in [-0.05, 0) is 47.7 Å². The molecule has 0 aliphatic carbocycles. The van der Waals surface area contributed by atoms with E-state index in [1.165, 1.54) is 11.3 Å². The molecule has 3 rings (SSSR count). The molecule has 2 aromatic rings. The first kappa shape index (κ1) is 15.6. The number of carbonyl (C=O) groups is 1. The summed E-state index contributed by atoms with van der Waals surface area (Å²) in [6.07, 6.45) is 0.546. The summed E-state index contributed by atoms with van der Waals surface area (Å²) in [6.45, 7) is 2.37. The number of benzene rings is 1. The molecule has 0 bridgehead atoms. The van der Waals surface area contributed by atoms with Gasteiger partial charge in [-0.1, -0.05) is 5.16 Å². The van der Waals surface area contributed by atoms with Gasteiger partial charge in [0.05, 0.1) is 24.9 Å². The zero-order chi connectivity index (χ0) is 16.2. The van der Waals surface area contributed by atoms with Crippen molar-refractivity contribution in [2.45, 2.75) is 19.4 Å². The maximum atomic E-state index is 12.1. The van der Waals surface area contributed by atoms with Crippen LogP contribution >= 0.6 is 11.3 Å². The zero-order valence-electron chi connectivity index (χ0n) is 13.0. The van der Waals surface area contributed by atoms with Crippen LogP contribution in [0.5, 0.6) is 5.75 Å². The van der Waals surface area contributed by atoms with Crippen LogP contribution in [0.3, 0.4) is 0 Å². The minimum Gasteiger partial charge on any atom is -0.497 e. The highest BCUT2D eigenvalue weighted by Gasteiger charge is 2.23. The molecule has 0 unspecified atom stereocenters. The van der Waals surface area contributed by atoms with E-state index in [1.807, 2.05) is 41.9 Å². The lowest BCUT2D eigenvalue weighted by atomic mass is 10.0. The number of aryl methyl sites for hydroxylation is 1. The number of hydrogen-bond acceptors (Lipinski definition) is 5. The van der Waals surface area contributed by atoms with Gasteiger partial charge in [0.1, 0.15) is 11.9 Å². The Morgan fingerprint density at radius 1 is 1.39 bits per heavy atom. The highest BCUT2D eigenvalue weighted by molar-refractivity contribution is 7.08. The Morgan fingerprint density at radius 2 is 2.17 bits per heavy atom. The van der Waals surface area contributed by atoms with Gasteiger partial charge in [-0.2, -0.15) is 11.3 Å². The Morgan fingerprint density at radius 3 is 2.83 bits per heavy atom. The van der Waals surface area contributed by atoms with Gasteiger partial charge >= 0.3 is 0 Å². The average Bonchev–Trinajstić information content (AvgIpc) is 3.22. The smallest absolute Gasteiger partial charge is 0.252 e. The first-order chi connectivity index (χ1) is 11.2. The number of oxime groups is 1. The van der Waals surface area contributed by atoms with Crippen molar-refractivity contribution in [3.63, 3.8) is 0 Å². The van der Waals surface area contributed by atoms with E-state index < -0.39 is 0 Å². The zero-order valence-corrected chi connectivity index (χ0v) is 13.9. The molecule has 1 N–H and O–H groups in total. The number of nitrogens with one attached hydrogen (secondary N) is 1. The lowest BCUT2D eigenvalue weighted by Gasteiger charge is -2.09. The molecule has 5 nitrogen and oxygen atoms in total. The predicted molar refractivity (Wildman–Crippen MR) is 90.4 cm³/mol. The number of thiophene rings is 1. The summed E-state index contributed by atoms with van der Waals surface area (Å²) in [5.74, 6) is 0.744. The molecule has 23 heavy (non-hydrogen) atoms. The van der Waals surface area contributed by atoms with Crippen LogP contribution in [0.15, 0.2) is 40.2 Å². The fourth-order valence-corrected chi connectivity index (χ4v) is 3.21. The second-order valence-corrected chi connectivity index (χ2v) is 6.12. The standard InChI is InChI=1S/C17H18N2O3S/c1-11-9-23-10-15(11)17(20)18-8-14-7-16(19-22-14)12-3-5-13(21-2)6-4-12/h3-6,9-10,14H,7-8H2,1-2H3,(H,18,20)/t14-/m0/s1. The summed E-state index contributed by atoms with van der Waals surface area (Å²) in [6, 6.07) is 7.70. The van der Waals surface area contributed by atoms with Crippen LogP contribution in [0.25, 0.3) is 0 Å². The van der Waals surface area contributed by atoms with Crippen molar-refractivity contribution in [1.29, 1.82) is 0 Å². The molecule has 0 saturated heterocycles. The van der Waals surface area contributed by atoms with Gasteiger partial charge in [-0.3, -0.25) is 4.79 Å². The molecule has 0 spiro atoms. The topological polar surface area (TPSA) is 59.9 Å². The number of carbonyl (C=O) groups excluding carboxylic acids is 1. The third-order valence-corrected chi connectivity index (χ3v) is 4.61. The van der Waals surface area contributed by atoms with E-state index in [0.717, 1.165) is 28.2 Å². The fourth-order valence-electron chi connectivity index (χ4n) is 2.39. The van der Waals surface area contributed by atoms with E-state index >= 15 is 0 Å². The van der Waals surface area contributed by atoms with Gasteiger partial charge in [-0.15, -0.1) is 0 Å². The maximum absolute atomic E-state index is 12.1. The highest BCUT2D eigenvalue weighted by Crippen LogP contribution is 2.19. The Hall–Kier alpha value is -2.34. The van der Waals surface area contributed by atoms with E-state index in [1.54, 1.807) is 7.11 Å². The average molecular weight is 330 g/mol. The highest BCUT2D eigenvalue weighted by atomic mass is 32.1. The number of amides is 1. The molecule has 120 valence electrons. The minimum atomic E-state index is -0.130. The third kappa shape index (κ3) is 3.53. The fraction of sp³-hybridized carbons (Fsp3) is 0.294. The van der Waals surface area contributed by atoms with Gasteiger partial charge in [0.15, 0.2) is 0 Å². The number of methoxy groups -OCH3 is 1. The molecule has 1 aromatic carbocycles. The molecule has 1 aromatic heterocycles. The normalized spacial score (nSPS) is 16.6. The van der Waals surface area contributed by atoms with Crippen molar-refractivity contribution >= 4 is 23.0 Å². The van der Waals surface area contributed by atoms with Gasteiger partial charge in [-0.25, -0.2) is 0 Å². The summed E-state index contributed by atoms with van der Waals surface area (Å²) in [7, 11) is 1.64. The van der Waals surface area contributed by atoms with Crippen molar-refractivity contribution in [2.75, 3.05) is 13.7 Å². The van der Waals surface area contributed by atoms with Crippen LogP contribution in [0, 0.1) is 6.92 Å².